The molecular formula is C19H16N2O6. The van der Waals surface area contributed by atoms with Crippen LogP contribution in [0, 0.1) is 10.1 Å². The van der Waals surface area contributed by atoms with Crippen LogP contribution in [0.1, 0.15) is 33.2 Å². The molecule has 0 unspecified atom stereocenters. The SMILES string of the molecule is CCOC(=O)[C@H](Cc1ccc([N+](=O)[O-])cc1)N1C(=O)c2ccccc2C1=O. The minimum atomic E-state index is -1.15. The number of rotatable bonds is 6. The molecule has 8 nitrogen and oxygen atoms in total. The quantitative estimate of drug-likeness (QED) is 0.335. The first-order valence-electron chi connectivity index (χ1n) is 8.31. The van der Waals surface area contributed by atoms with Crippen molar-refractivity contribution in [3.63, 3.8) is 0 Å². The van der Waals surface area contributed by atoms with Gasteiger partial charge in [0.2, 0.25) is 0 Å². The maximum Gasteiger partial charge on any atom is 0.329 e. The number of fused-ring (bicyclic) bond motifs is 1. The van der Waals surface area contributed by atoms with Gasteiger partial charge in [-0.25, -0.2) is 4.79 Å². The van der Waals surface area contributed by atoms with Gasteiger partial charge in [0, 0.05) is 18.6 Å². The first-order chi connectivity index (χ1) is 12.9. The highest BCUT2D eigenvalue weighted by molar-refractivity contribution is 6.22. The minimum Gasteiger partial charge on any atom is -0.464 e. The summed E-state index contributed by atoms with van der Waals surface area (Å²) in [6.07, 6.45) is 0.00228. The number of carbonyl (C=O) groups excluding carboxylic acids is 3. The molecule has 1 heterocycles. The summed E-state index contributed by atoms with van der Waals surface area (Å²) in [7, 11) is 0. The van der Waals surface area contributed by atoms with Gasteiger partial charge in [0.1, 0.15) is 6.04 Å². The van der Waals surface area contributed by atoms with Crippen LogP contribution in [0.15, 0.2) is 48.5 Å². The molecule has 8 heteroatoms. The van der Waals surface area contributed by atoms with Gasteiger partial charge in [0.05, 0.1) is 22.7 Å². The molecule has 0 bridgehead atoms. The highest BCUT2D eigenvalue weighted by Crippen LogP contribution is 2.26. The van der Waals surface area contributed by atoms with E-state index in [-0.39, 0.29) is 29.8 Å². The van der Waals surface area contributed by atoms with E-state index in [4.69, 9.17) is 4.74 Å². The maximum absolute atomic E-state index is 12.7. The Morgan fingerprint density at radius 2 is 1.63 bits per heavy atom. The smallest absolute Gasteiger partial charge is 0.329 e. The number of ether oxygens (including phenoxy) is 1. The largest absolute Gasteiger partial charge is 0.464 e. The van der Waals surface area contributed by atoms with Crippen LogP contribution in [0.4, 0.5) is 5.69 Å². The summed E-state index contributed by atoms with van der Waals surface area (Å²) in [6, 6.07) is 10.8. The van der Waals surface area contributed by atoms with E-state index in [1.165, 1.54) is 36.4 Å². The maximum atomic E-state index is 12.7. The van der Waals surface area contributed by atoms with Gasteiger partial charge >= 0.3 is 5.97 Å². The number of nitro groups is 1. The van der Waals surface area contributed by atoms with Crippen molar-refractivity contribution in [2.75, 3.05) is 6.61 Å². The number of hydrogen-bond acceptors (Lipinski definition) is 6. The van der Waals surface area contributed by atoms with Crippen LogP contribution >= 0.6 is 0 Å². The topological polar surface area (TPSA) is 107 Å². The summed E-state index contributed by atoms with van der Waals surface area (Å²) in [4.78, 5) is 49.0. The number of nitro benzene ring substituents is 1. The molecule has 2 aromatic carbocycles. The Morgan fingerprint density at radius 3 is 2.11 bits per heavy atom. The van der Waals surface area contributed by atoms with Crippen LogP contribution in [-0.2, 0) is 16.0 Å². The van der Waals surface area contributed by atoms with E-state index in [2.05, 4.69) is 0 Å². The van der Waals surface area contributed by atoms with Crippen LogP contribution in [0.5, 0.6) is 0 Å². The van der Waals surface area contributed by atoms with Crippen LogP contribution in [-0.4, -0.2) is 40.3 Å². The second-order valence-electron chi connectivity index (χ2n) is 5.92. The molecule has 0 saturated carbocycles. The monoisotopic (exact) mass is 368 g/mol. The average molecular weight is 368 g/mol. The summed E-state index contributed by atoms with van der Waals surface area (Å²) >= 11 is 0. The molecule has 138 valence electrons. The van der Waals surface area contributed by atoms with Crippen molar-refractivity contribution in [1.82, 2.24) is 4.90 Å². The fourth-order valence-corrected chi connectivity index (χ4v) is 2.99. The van der Waals surface area contributed by atoms with E-state index in [0.717, 1.165) is 4.90 Å². The average Bonchev–Trinajstić information content (AvgIpc) is 2.91. The van der Waals surface area contributed by atoms with Crippen molar-refractivity contribution in [1.29, 1.82) is 0 Å². The van der Waals surface area contributed by atoms with Gasteiger partial charge in [-0.3, -0.25) is 24.6 Å². The molecule has 0 aliphatic carbocycles. The molecule has 2 amide bonds. The zero-order valence-corrected chi connectivity index (χ0v) is 14.5. The number of amides is 2. The third-order valence-corrected chi connectivity index (χ3v) is 4.27. The number of esters is 1. The van der Waals surface area contributed by atoms with Gasteiger partial charge in [-0.15, -0.1) is 0 Å². The number of benzene rings is 2. The highest BCUT2D eigenvalue weighted by atomic mass is 16.6. The Hall–Kier alpha value is -3.55. The molecule has 0 fully saturated rings. The number of hydrogen-bond donors (Lipinski definition) is 0. The fraction of sp³-hybridized carbons (Fsp3) is 0.211. The fourth-order valence-electron chi connectivity index (χ4n) is 2.99. The lowest BCUT2D eigenvalue weighted by Gasteiger charge is -2.24. The standard InChI is InChI=1S/C19H16N2O6/c1-2-27-19(24)16(11-12-7-9-13(10-8-12)21(25)26)20-17(22)14-5-3-4-6-15(14)18(20)23/h3-10,16H,2,11H2,1H3/t16-/m0/s1. The molecule has 27 heavy (non-hydrogen) atoms. The second kappa shape index (κ2) is 7.36. The molecule has 0 saturated heterocycles. The Kier molecular flexibility index (Phi) is 4.98. The van der Waals surface area contributed by atoms with Gasteiger partial charge in [-0.1, -0.05) is 24.3 Å². The molecule has 2 aromatic rings. The molecule has 0 spiro atoms. The lowest BCUT2D eigenvalue weighted by molar-refractivity contribution is -0.384. The van der Waals surface area contributed by atoms with Crippen molar-refractivity contribution in [2.45, 2.75) is 19.4 Å². The Bertz CT molecular complexity index is 887. The Morgan fingerprint density at radius 1 is 1.07 bits per heavy atom. The lowest BCUT2D eigenvalue weighted by atomic mass is 10.0. The number of carbonyl (C=O) groups is 3. The second-order valence-corrected chi connectivity index (χ2v) is 5.92. The van der Waals surface area contributed by atoms with Crippen molar-refractivity contribution >= 4 is 23.5 Å². The van der Waals surface area contributed by atoms with Gasteiger partial charge in [-0.2, -0.15) is 0 Å². The third-order valence-electron chi connectivity index (χ3n) is 4.27. The first kappa shape index (κ1) is 18.2. The molecule has 1 atom stereocenters. The summed E-state index contributed by atoms with van der Waals surface area (Å²) < 4.78 is 5.05. The van der Waals surface area contributed by atoms with Gasteiger partial charge in [0.25, 0.3) is 17.5 Å². The number of nitrogens with zero attached hydrogens (tertiary/aromatic N) is 2. The Labute approximate surface area is 154 Å². The van der Waals surface area contributed by atoms with Gasteiger partial charge in [-0.05, 0) is 24.6 Å². The van der Waals surface area contributed by atoms with E-state index in [1.807, 2.05) is 0 Å². The molecule has 0 radical (unpaired) electrons. The Balaban J connectivity index is 1.93. The molecule has 0 N–H and O–H groups in total. The van der Waals surface area contributed by atoms with Gasteiger partial charge in [0.15, 0.2) is 0 Å². The van der Waals surface area contributed by atoms with Crippen molar-refractivity contribution in [2.24, 2.45) is 0 Å². The first-order valence-corrected chi connectivity index (χ1v) is 8.31. The highest BCUT2D eigenvalue weighted by Gasteiger charge is 2.43. The predicted octanol–water partition coefficient (Wildman–Crippen LogP) is 2.37. The molecule has 3 rings (SSSR count). The van der Waals surface area contributed by atoms with E-state index in [9.17, 15) is 24.5 Å². The number of non-ortho nitro benzene ring substituents is 1. The van der Waals surface area contributed by atoms with Crippen LogP contribution < -0.4 is 0 Å². The van der Waals surface area contributed by atoms with E-state index >= 15 is 0 Å². The molecule has 0 aromatic heterocycles. The van der Waals surface area contributed by atoms with Crippen LogP contribution in [0.3, 0.4) is 0 Å². The lowest BCUT2D eigenvalue weighted by Crippen LogP contribution is -2.47. The summed E-state index contributed by atoms with van der Waals surface area (Å²) in [5.41, 5.74) is 0.948. The number of imide groups is 1. The van der Waals surface area contributed by atoms with E-state index in [1.54, 1.807) is 19.1 Å². The summed E-state index contributed by atoms with van der Waals surface area (Å²) in [5.74, 6) is -1.82. The third kappa shape index (κ3) is 3.41. The van der Waals surface area contributed by atoms with E-state index < -0.39 is 28.7 Å². The molecule has 1 aliphatic heterocycles. The van der Waals surface area contributed by atoms with Crippen LogP contribution in [0.25, 0.3) is 0 Å². The zero-order chi connectivity index (χ0) is 19.6. The minimum absolute atomic E-state index is 0.00228. The normalized spacial score (nSPS) is 14.0. The van der Waals surface area contributed by atoms with E-state index in [0.29, 0.717) is 5.56 Å². The van der Waals surface area contributed by atoms with Crippen molar-refractivity contribution < 1.29 is 24.0 Å². The van der Waals surface area contributed by atoms with Gasteiger partial charge < -0.3 is 4.74 Å². The predicted molar refractivity (Wildman–Crippen MR) is 94.2 cm³/mol. The zero-order valence-electron chi connectivity index (χ0n) is 14.5. The summed E-state index contributed by atoms with van der Waals surface area (Å²) in [5, 5.41) is 10.8. The molecular weight excluding hydrogens is 352 g/mol. The molecule has 1 aliphatic rings. The van der Waals surface area contributed by atoms with Crippen molar-refractivity contribution in [3.05, 3.63) is 75.3 Å². The van der Waals surface area contributed by atoms with Crippen molar-refractivity contribution in [3.8, 4) is 0 Å². The van der Waals surface area contributed by atoms with Crippen LogP contribution in [0.2, 0.25) is 0 Å². The summed E-state index contributed by atoms with van der Waals surface area (Å²) in [6.45, 7) is 1.72.